The van der Waals surface area contributed by atoms with E-state index >= 15 is 0 Å². The van der Waals surface area contributed by atoms with Crippen LogP contribution >= 0.6 is 0 Å². The molecule has 0 aromatic carbocycles. The van der Waals surface area contributed by atoms with Crippen molar-refractivity contribution in [2.45, 2.75) is 39.2 Å². The third kappa shape index (κ3) is 8.15. The molecule has 4 heteroatoms. The van der Waals surface area contributed by atoms with Gasteiger partial charge >= 0.3 is 0 Å². The zero-order valence-electron chi connectivity index (χ0n) is 15.7. The molecule has 0 amide bonds. The van der Waals surface area contributed by atoms with E-state index in [0.29, 0.717) is 6.04 Å². The summed E-state index contributed by atoms with van der Waals surface area (Å²) in [6.07, 6.45) is 22.9. The summed E-state index contributed by atoms with van der Waals surface area (Å²) in [5.41, 5.74) is 21.1. The minimum atomic E-state index is 0.342. The largest absolute Gasteiger partial charge is 0.402 e. The number of unbranched alkanes of at least 4 members (excludes halogenated alkanes) is 1. The van der Waals surface area contributed by atoms with Crippen molar-refractivity contribution in [1.82, 2.24) is 4.90 Å². The van der Waals surface area contributed by atoms with E-state index in [2.05, 4.69) is 36.1 Å². The maximum atomic E-state index is 6.17. The average Bonchev–Trinajstić information content (AvgIpc) is 2.57. The molecule has 0 aromatic heterocycles. The van der Waals surface area contributed by atoms with E-state index in [9.17, 15) is 0 Å². The fraction of sp³-hybridized carbons (Fsp3) is 0.333. The third-order valence-corrected chi connectivity index (χ3v) is 3.92. The van der Waals surface area contributed by atoms with Crippen molar-refractivity contribution in [1.29, 1.82) is 0 Å². The molecule has 4 nitrogen and oxygen atoms in total. The molecule has 1 heterocycles. The molecule has 1 aliphatic heterocycles. The van der Waals surface area contributed by atoms with Crippen LogP contribution in [0.25, 0.3) is 0 Å². The number of nitrogens with zero attached hydrogens (tertiary/aromatic N) is 1. The Morgan fingerprint density at radius 2 is 1.80 bits per heavy atom. The van der Waals surface area contributed by atoms with Gasteiger partial charge in [-0.05, 0) is 51.0 Å². The first-order valence-corrected chi connectivity index (χ1v) is 8.69. The van der Waals surface area contributed by atoms with Gasteiger partial charge < -0.3 is 22.1 Å². The predicted octanol–water partition coefficient (Wildman–Crippen LogP) is 3.59. The van der Waals surface area contributed by atoms with Gasteiger partial charge in [0.05, 0.1) is 11.4 Å². The lowest BCUT2D eigenvalue weighted by molar-refractivity contribution is 0.374. The van der Waals surface area contributed by atoms with Crippen LogP contribution in [0.3, 0.4) is 0 Å². The van der Waals surface area contributed by atoms with E-state index in [1.807, 2.05) is 50.4 Å². The van der Waals surface area contributed by atoms with Gasteiger partial charge in [-0.2, -0.15) is 0 Å². The summed E-state index contributed by atoms with van der Waals surface area (Å²) in [7, 11) is 2.04. The standard InChI is InChI=1S/C21H32N4/c1-17(22)11-8-6-4-5-7-9-13-19(23)15-16-20(24)21-14-10-12-18(2)25(21)3/h6-12,14-16,18H,4-5,13,22-24H2,1-3H3/b8-6-,9-7-,17-11-,19-15-,20-16-. The zero-order chi connectivity index (χ0) is 18.7. The number of nitrogens with two attached hydrogens (primary N) is 3. The SMILES string of the molecule is C/C(N)=C/C=C\CC/C=C\C/C(N)=C/C=C(\N)C1=CC=CC(C)N1C. The fourth-order valence-electron chi connectivity index (χ4n) is 2.27. The van der Waals surface area contributed by atoms with Crippen LogP contribution in [-0.2, 0) is 0 Å². The highest BCUT2D eigenvalue weighted by Gasteiger charge is 2.13. The number of hydrogen-bond acceptors (Lipinski definition) is 4. The quantitative estimate of drug-likeness (QED) is 0.358. The van der Waals surface area contributed by atoms with E-state index in [0.717, 1.165) is 42.1 Å². The molecule has 0 saturated carbocycles. The van der Waals surface area contributed by atoms with Crippen molar-refractivity contribution >= 4 is 0 Å². The minimum absolute atomic E-state index is 0.342. The summed E-state index contributed by atoms with van der Waals surface area (Å²) >= 11 is 0. The van der Waals surface area contributed by atoms with Crippen LogP contribution in [0, 0.1) is 0 Å². The van der Waals surface area contributed by atoms with Gasteiger partial charge in [0, 0.05) is 30.9 Å². The normalized spacial score (nSPS) is 20.0. The van der Waals surface area contributed by atoms with E-state index in [4.69, 9.17) is 17.2 Å². The van der Waals surface area contributed by atoms with Gasteiger partial charge in [0.2, 0.25) is 0 Å². The first-order valence-electron chi connectivity index (χ1n) is 8.69. The number of rotatable bonds is 8. The molecule has 6 N–H and O–H groups in total. The molecule has 0 saturated heterocycles. The molecule has 0 aromatic rings. The topological polar surface area (TPSA) is 81.3 Å². The van der Waals surface area contributed by atoms with Crippen LogP contribution < -0.4 is 17.2 Å². The molecular weight excluding hydrogens is 308 g/mol. The van der Waals surface area contributed by atoms with Crippen molar-refractivity contribution in [3.63, 3.8) is 0 Å². The third-order valence-electron chi connectivity index (χ3n) is 3.92. The summed E-state index contributed by atoms with van der Waals surface area (Å²) in [6.45, 7) is 4.01. The molecule has 0 radical (unpaired) electrons. The lowest BCUT2D eigenvalue weighted by atomic mass is 10.1. The summed E-state index contributed by atoms with van der Waals surface area (Å²) in [4.78, 5) is 2.14. The molecule has 1 unspecified atom stereocenters. The van der Waals surface area contributed by atoms with Gasteiger partial charge in [-0.3, -0.25) is 0 Å². The summed E-state index contributed by atoms with van der Waals surface area (Å²) in [6, 6.07) is 0.342. The molecule has 0 bridgehead atoms. The van der Waals surface area contributed by atoms with Gasteiger partial charge in [-0.15, -0.1) is 0 Å². The molecule has 0 aliphatic carbocycles. The van der Waals surface area contributed by atoms with Gasteiger partial charge in [-0.25, -0.2) is 0 Å². The van der Waals surface area contributed by atoms with E-state index in [1.165, 1.54) is 0 Å². The second-order valence-electron chi connectivity index (χ2n) is 6.24. The molecule has 1 rings (SSSR count). The highest BCUT2D eigenvalue weighted by Crippen LogP contribution is 2.18. The molecule has 136 valence electrons. The van der Waals surface area contributed by atoms with Gasteiger partial charge in [0.1, 0.15) is 0 Å². The van der Waals surface area contributed by atoms with Gasteiger partial charge in [-0.1, -0.05) is 36.5 Å². The van der Waals surface area contributed by atoms with Crippen LogP contribution in [0.15, 0.2) is 83.5 Å². The predicted molar refractivity (Wildman–Crippen MR) is 109 cm³/mol. The zero-order valence-corrected chi connectivity index (χ0v) is 15.7. The molecule has 25 heavy (non-hydrogen) atoms. The monoisotopic (exact) mass is 340 g/mol. The second kappa shape index (κ2) is 11.0. The lowest BCUT2D eigenvalue weighted by Gasteiger charge is -2.29. The maximum absolute atomic E-state index is 6.17. The van der Waals surface area contributed by atoms with Crippen molar-refractivity contribution in [2.24, 2.45) is 17.2 Å². The van der Waals surface area contributed by atoms with Crippen molar-refractivity contribution in [3.05, 3.63) is 83.5 Å². The lowest BCUT2D eigenvalue weighted by Crippen LogP contribution is -2.31. The van der Waals surface area contributed by atoms with E-state index in [-0.39, 0.29) is 0 Å². The number of hydrogen-bond donors (Lipinski definition) is 3. The van der Waals surface area contributed by atoms with Crippen LogP contribution in [0.5, 0.6) is 0 Å². The van der Waals surface area contributed by atoms with Crippen LogP contribution in [0.4, 0.5) is 0 Å². The summed E-state index contributed by atoms with van der Waals surface area (Å²) in [5, 5.41) is 0. The molecular formula is C21H32N4. The fourth-order valence-corrected chi connectivity index (χ4v) is 2.27. The Morgan fingerprint density at radius 1 is 1.08 bits per heavy atom. The van der Waals surface area contributed by atoms with Crippen LogP contribution in [0.1, 0.15) is 33.1 Å². The van der Waals surface area contributed by atoms with Gasteiger partial charge in [0.25, 0.3) is 0 Å². The first-order chi connectivity index (χ1) is 11.9. The molecule has 0 fully saturated rings. The van der Waals surface area contributed by atoms with Crippen molar-refractivity contribution < 1.29 is 0 Å². The molecule has 1 aliphatic rings. The van der Waals surface area contributed by atoms with Crippen molar-refractivity contribution in [3.8, 4) is 0 Å². The summed E-state index contributed by atoms with van der Waals surface area (Å²) < 4.78 is 0. The van der Waals surface area contributed by atoms with Gasteiger partial charge in [0.15, 0.2) is 0 Å². The van der Waals surface area contributed by atoms with E-state index < -0.39 is 0 Å². The minimum Gasteiger partial charge on any atom is -0.402 e. The highest BCUT2D eigenvalue weighted by atomic mass is 15.1. The Kier molecular flexibility index (Phi) is 9.01. The average molecular weight is 341 g/mol. The Labute approximate surface area is 152 Å². The smallest absolute Gasteiger partial charge is 0.0602 e. The highest BCUT2D eigenvalue weighted by molar-refractivity contribution is 5.36. The van der Waals surface area contributed by atoms with Crippen molar-refractivity contribution in [2.75, 3.05) is 7.05 Å². The van der Waals surface area contributed by atoms with E-state index in [1.54, 1.807) is 0 Å². The second-order valence-corrected chi connectivity index (χ2v) is 6.24. The van der Waals surface area contributed by atoms with Crippen LogP contribution in [-0.4, -0.2) is 18.0 Å². The Balaban J connectivity index is 2.44. The van der Waals surface area contributed by atoms with Crippen LogP contribution in [0.2, 0.25) is 0 Å². The maximum Gasteiger partial charge on any atom is 0.0602 e. The number of allylic oxidation sites excluding steroid dienone is 10. The molecule has 1 atom stereocenters. The summed E-state index contributed by atoms with van der Waals surface area (Å²) in [5.74, 6) is 0. The Bertz CT molecular complexity index is 626. The molecule has 0 spiro atoms. The number of likely N-dealkylation sites (N-methyl/N-ethyl adjacent to an activating group) is 1. The first kappa shape index (κ1) is 20.4. The Hall–Kier alpha value is -2.62. The Morgan fingerprint density at radius 3 is 2.52 bits per heavy atom.